The van der Waals surface area contributed by atoms with Crippen molar-refractivity contribution >= 4 is 5.96 Å². The highest BCUT2D eigenvalue weighted by Gasteiger charge is 2.01. The molecule has 0 unspecified atom stereocenters. The van der Waals surface area contributed by atoms with Gasteiger partial charge in [0.15, 0.2) is 5.96 Å². The molecule has 0 spiro atoms. The van der Waals surface area contributed by atoms with Crippen LogP contribution in [0, 0.1) is 20.8 Å². The number of nitrogens with one attached hydrogen (secondary N) is 2. The first-order valence-corrected chi connectivity index (χ1v) is 8.59. The first-order chi connectivity index (χ1) is 11.6. The molecule has 0 aliphatic heterocycles. The highest BCUT2D eigenvalue weighted by atomic mass is 15.3. The van der Waals surface area contributed by atoms with Gasteiger partial charge in [0.25, 0.3) is 0 Å². The quantitative estimate of drug-likeness (QED) is 0.467. The predicted molar refractivity (Wildman–Crippen MR) is 101 cm³/mol. The number of aryl methyl sites for hydroxylation is 4. The summed E-state index contributed by atoms with van der Waals surface area (Å²) < 4.78 is 2.06. The van der Waals surface area contributed by atoms with E-state index in [0.717, 1.165) is 44.1 Å². The fourth-order valence-electron chi connectivity index (χ4n) is 2.75. The van der Waals surface area contributed by atoms with E-state index in [1.54, 1.807) is 0 Å². The Morgan fingerprint density at radius 2 is 1.92 bits per heavy atom. The third kappa shape index (κ3) is 5.72. The molecule has 0 saturated carbocycles. The molecule has 1 heterocycles. The lowest BCUT2D eigenvalue weighted by molar-refractivity contribution is 0.555. The van der Waals surface area contributed by atoms with Gasteiger partial charge < -0.3 is 10.6 Å². The highest BCUT2D eigenvalue weighted by molar-refractivity contribution is 5.79. The van der Waals surface area contributed by atoms with Crippen molar-refractivity contribution in [2.24, 2.45) is 4.99 Å². The van der Waals surface area contributed by atoms with E-state index in [-0.39, 0.29) is 0 Å². The second-order valence-corrected chi connectivity index (χ2v) is 6.17. The Morgan fingerprint density at radius 3 is 2.58 bits per heavy atom. The van der Waals surface area contributed by atoms with E-state index in [1.807, 2.05) is 14.0 Å². The topological polar surface area (TPSA) is 54.2 Å². The summed E-state index contributed by atoms with van der Waals surface area (Å²) in [4.78, 5) is 4.28. The number of hydrogen-bond acceptors (Lipinski definition) is 2. The molecule has 1 aromatic carbocycles. The molecule has 1 aromatic heterocycles. The zero-order valence-corrected chi connectivity index (χ0v) is 15.3. The van der Waals surface area contributed by atoms with Gasteiger partial charge >= 0.3 is 0 Å². The molecule has 2 N–H and O–H groups in total. The zero-order valence-electron chi connectivity index (χ0n) is 15.3. The summed E-state index contributed by atoms with van der Waals surface area (Å²) in [5.41, 5.74) is 4.95. The molecule has 0 fully saturated rings. The monoisotopic (exact) mass is 327 g/mol. The summed E-state index contributed by atoms with van der Waals surface area (Å²) in [5, 5.41) is 11.2. The number of aromatic nitrogens is 2. The van der Waals surface area contributed by atoms with Gasteiger partial charge in [0.2, 0.25) is 0 Å². The third-order valence-corrected chi connectivity index (χ3v) is 3.95. The van der Waals surface area contributed by atoms with Gasteiger partial charge in [0, 0.05) is 32.4 Å². The molecule has 130 valence electrons. The minimum atomic E-state index is 0.857. The number of benzene rings is 1. The van der Waals surface area contributed by atoms with E-state index in [0.29, 0.717) is 0 Å². The molecule has 24 heavy (non-hydrogen) atoms. The van der Waals surface area contributed by atoms with Crippen molar-refractivity contribution in [3.63, 3.8) is 0 Å². The minimum absolute atomic E-state index is 0.857. The van der Waals surface area contributed by atoms with Crippen molar-refractivity contribution in [3.05, 3.63) is 52.8 Å². The minimum Gasteiger partial charge on any atom is -0.356 e. The maximum Gasteiger partial charge on any atom is 0.190 e. The summed E-state index contributed by atoms with van der Waals surface area (Å²) in [5.74, 6) is 0.857. The lowest BCUT2D eigenvalue weighted by atomic mass is 10.1. The van der Waals surface area contributed by atoms with Gasteiger partial charge in [-0.2, -0.15) is 5.10 Å². The highest BCUT2D eigenvalue weighted by Crippen LogP contribution is 2.04. The Hall–Kier alpha value is -2.30. The van der Waals surface area contributed by atoms with Gasteiger partial charge in [0.1, 0.15) is 0 Å². The number of guanidine groups is 1. The lowest BCUT2D eigenvalue weighted by Crippen LogP contribution is -2.39. The van der Waals surface area contributed by atoms with Gasteiger partial charge in [-0.05, 0) is 45.2 Å². The van der Waals surface area contributed by atoms with Crippen LogP contribution in [0.15, 0.2) is 35.3 Å². The van der Waals surface area contributed by atoms with Crippen molar-refractivity contribution in [1.29, 1.82) is 0 Å². The van der Waals surface area contributed by atoms with E-state index in [4.69, 9.17) is 0 Å². The van der Waals surface area contributed by atoms with Crippen LogP contribution in [0.25, 0.3) is 0 Å². The fourth-order valence-corrected chi connectivity index (χ4v) is 2.75. The Balaban J connectivity index is 1.66. The van der Waals surface area contributed by atoms with Gasteiger partial charge in [-0.25, -0.2) is 0 Å². The van der Waals surface area contributed by atoms with Crippen molar-refractivity contribution in [1.82, 2.24) is 20.4 Å². The van der Waals surface area contributed by atoms with Crippen LogP contribution >= 0.6 is 0 Å². The van der Waals surface area contributed by atoms with Gasteiger partial charge in [-0.1, -0.05) is 29.8 Å². The van der Waals surface area contributed by atoms with Crippen LogP contribution in [0.3, 0.4) is 0 Å². The molecule has 0 bridgehead atoms. The fraction of sp³-hybridized carbons (Fsp3) is 0.474. The molecular formula is C19H29N5. The molecule has 0 saturated heterocycles. The maximum atomic E-state index is 4.48. The molecule has 0 radical (unpaired) electrons. The number of rotatable bonds is 7. The predicted octanol–water partition coefficient (Wildman–Crippen LogP) is 2.61. The Bertz CT molecular complexity index is 672. The second kappa shape index (κ2) is 9.11. The first kappa shape index (κ1) is 18.0. The van der Waals surface area contributed by atoms with Crippen molar-refractivity contribution in [2.75, 3.05) is 20.1 Å². The van der Waals surface area contributed by atoms with Gasteiger partial charge in [0.05, 0.1) is 5.69 Å². The molecular weight excluding hydrogens is 298 g/mol. The number of hydrogen-bond donors (Lipinski definition) is 2. The Kier molecular flexibility index (Phi) is 6.85. The van der Waals surface area contributed by atoms with Gasteiger partial charge in [-0.3, -0.25) is 9.67 Å². The normalized spacial score (nSPS) is 11.6. The van der Waals surface area contributed by atoms with Crippen LogP contribution in [0.2, 0.25) is 0 Å². The molecule has 0 aliphatic carbocycles. The van der Waals surface area contributed by atoms with Crippen LogP contribution in [0.5, 0.6) is 0 Å². The van der Waals surface area contributed by atoms with Crippen molar-refractivity contribution < 1.29 is 0 Å². The van der Waals surface area contributed by atoms with Gasteiger partial charge in [-0.15, -0.1) is 0 Å². The number of aliphatic imine (C=N–C) groups is 1. The van der Waals surface area contributed by atoms with Crippen LogP contribution < -0.4 is 10.6 Å². The summed E-state index contributed by atoms with van der Waals surface area (Å²) in [7, 11) is 1.81. The molecule has 0 atom stereocenters. The average Bonchev–Trinajstić information content (AvgIpc) is 2.87. The van der Waals surface area contributed by atoms with Crippen LogP contribution in [0.4, 0.5) is 0 Å². The summed E-state index contributed by atoms with van der Waals surface area (Å²) >= 11 is 0. The molecule has 0 aliphatic rings. The Labute approximate surface area is 145 Å². The van der Waals surface area contributed by atoms with E-state index in [2.05, 4.69) is 69.6 Å². The zero-order chi connectivity index (χ0) is 17.4. The van der Waals surface area contributed by atoms with E-state index < -0.39 is 0 Å². The third-order valence-electron chi connectivity index (χ3n) is 3.95. The summed E-state index contributed by atoms with van der Waals surface area (Å²) in [6.07, 6.45) is 2.01. The second-order valence-electron chi connectivity index (χ2n) is 6.17. The SMILES string of the molecule is CN=C(NCCCn1nc(C)cc1C)NCCc1cccc(C)c1. The summed E-state index contributed by atoms with van der Waals surface area (Å²) in [6, 6.07) is 10.7. The maximum absolute atomic E-state index is 4.48. The Morgan fingerprint density at radius 1 is 1.12 bits per heavy atom. The van der Waals surface area contributed by atoms with E-state index >= 15 is 0 Å². The molecule has 0 amide bonds. The van der Waals surface area contributed by atoms with E-state index in [1.165, 1.54) is 16.8 Å². The average molecular weight is 327 g/mol. The molecule has 5 heteroatoms. The number of nitrogens with zero attached hydrogens (tertiary/aromatic N) is 3. The molecule has 5 nitrogen and oxygen atoms in total. The van der Waals surface area contributed by atoms with Crippen LogP contribution in [-0.2, 0) is 13.0 Å². The first-order valence-electron chi connectivity index (χ1n) is 8.59. The van der Waals surface area contributed by atoms with E-state index in [9.17, 15) is 0 Å². The summed E-state index contributed by atoms with van der Waals surface area (Å²) in [6.45, 7) is 8.93. The van der Waals surface area contributed by atoms with Crippen LogP contribution in [0.1, 0.15) is 28.9 Å². The standard InChI is InChI=1S/C19H29N5/c1-15-7-5-8-18(13-15)9-11-22-19(20-4)21-10-6-12-24-17(3)14-16(2)23-24/h5,7-8,13-14H,6,9-12H2,1-4H3,(H2,20,21,22). The van der Waals surface area contributed by atoms with Crippen molar-refractivity contribution in [2.45, 2.75) is 40.2 Å². The lowest BCUT2D eigenvalue weighted by Gasteiger charge is -2.12. The van der Waals surface area contributed by atoms with Crippen LogP contribution in [-0.4, -0.2) is 35.9 Å². The smallest absolute Gasteiger partial charge is 0.190 e. The molecule has 2 aromatic rings. The largest absolute Gasteiger partial charge is 0.356 e. The molecule has 2 rings (SSSR count). The van der Waals surface area contributed by atoms with Crippen molar-refractivity contribution in [3.8, 4) is 0 Å².